The summed E-state index contributed by atoms with van der Waals surface area (Å²) in [5, 5.41) is 7.31. The van der Waals surface area contributed by atoms with Gasteiger partial charge in [-0.2, -0.15) is 0 Å². The van der Waals surface area contributed by atoms with Crippen molar-refractivity contribution in [3.63, 3.8) is 0 Å². The molecule has 222 valence electrons. The Hall–Kier alpha value is -4.00. The van der Waals surface area contributed by atoms with Gasteiger partial charge in [0.05, 0.1) is 12.8 Å². The second kappa shape index (κ2) is 13.3. The Labute approximate surface area is 250 Å². The minimum absolute atomic E-state index is 0.335. The van der Waals surface area contributed by atoms with E-state index in [2.05, 4.69) is 66.2 Å². The quantitative estimate of drug-likeness (QED) is 0.197. The molecule has 2 N–H and O–H groups in total. The second-order valence-electron chi connectivity index (χ2n) is 11.8. The lowest BCUT2D eigenvalue weighted by Gasteiger charge is -2.24. The van der Waals surface area contributed by atoms with Gasteiger partial charge in [0.1, 0.15) is 34.4 Å². The highest BCUT2D eigenvalue weighted by molar-refractivity contribution is 5.77. The summed E-state index contributed by atoms with van der Waals surface area (Å²) in [6.07, 6.45) is 10.9. The normalized spacial score (nSPS) is 13.8. The Morgan fingerprint density at radius 1 is 0.929 bits per heavy atom. The van der Waals surface area contributed by atoms with Crippen molar-refractivity contribution in [2.75, 3.05) is 17.7 Å². The third kappa shape index (κ3) is 6.56. The molecule has 5 aromatic rings. The first kappa shape index (κ1) is 29.5. The minimum Gasteiger partial charge on any atom is -0.497 e. The highest BCUT2D eigenvalue weighted by atomic mass is 16.5. The Morgan fingerprint density at radius 2 is 1.69 bits per heavy atom. The summed E-state index contributed by atoms with van der Waals surface area (Å²) in [5.41, 5.74) is 7.85. The first-order valence-electron chi connectivity index (χ1n) is 15.5. The minimum atomic E-state index is 0.335. The van der Waals surface area contributed by atoms with E-state index in [0.29, 0.717) is 12.1 Å². The third-order valence-corrected chi connectivity index (χ3v) is 7.87. The number of rotatable bonds is 8. The zero-order chi connectivity index (χ0) is 29.6. The molecule has 0 bridgehead atoms. The van der Waals surface area contributed by atoms with E-state index in [4.69, 9.17) is 14.7 Å². The van der Waals surface area contributed by atoms with Gasteiger partial charge >= 0.3 is 0 Å². The number of benzene rings is 1. The molecule has 7 nitrogen and oxygen atoms in total. The molecule has 4 heterocycles. The summed E-state index contributed by atoms with van der Waals surface area (Å²) >= 11 is 0. The lowest BCUT2D eigenvalue weighted by Crippen LogP contribution is -2.24. The maximum atomic E-state index is 5.22. The van der Waals surface area contributed by atoms with E-state index in [0.717, 1.165) is 47.0 Å². The van der Waals surface area contributed by atoms with E-state index in [-0.39, 0.29) is 0 Å². The van der Waals surface area contributed by atoms with Crippen molar-refractivity contribution in [1.82, 2.24) is 18.8 Å². The molecule has 1 aromatic carbocycles. The molecule has 6 rings (SSSR count). The zero-order valence-electron chi connectivity index (χ0n) is 26.1. The molecule has 0 atom stereocenters. The first-order chi connectivity index (χ1) is 20.4. The topological polar surface area (TPSA) is 67.9 Å². The van der Waals surface area contributed by atoms with Crippen molar-refractivity contribution in [1.29, 1.82) is 0 Å². The largest absolute Gasteiger partial charge is 0.497 e. The number of methoxy groups -OCH3 is 1. The molecule has 0 aliphatic heterocycles. The third-order valence-electron chi connectivity index (χ3n) is 7.87. The van der Waals surface area contributed by atoms with Crippen molar-refractivity contribution < 1.29 is 4.74 Å². The van der Waals surface area contributed by atoms with Crippen molar-refractivity contribution in [2.45, 2.75) is 91.6 Å². The molecule has 1 aliphatic carbocycles. The number of nitrogens with one attached hydrogen (secondary N) is 2. The molecule has 7 heteroatoms. The first-order valence-corrected chi connectivity index (χ1v) is 15.5. The van der Waals surface area contributed by atoms with E-state index in [9.17, 15) is 0 Å². The molecule has 0 unspecified atom stereocenters. The van der Waals surface area contributed by atoms with Crippen LogP contribution in [0.2, 0.25) is 0 Å². The van der Waals surface area contributed by atoms with E-state index in [1.807, 2.05) is 48.7 Å². The van der Waals surface area contributed by atoms with Crippen LogP contribution in [0.3, 0.4) is 0 Å². The van der Waals surface area contributed by atoms with E-state index >= 15 is 0 Å². The van der Waals surface area contributed by atoms with E-state index in [1.54, 1.807) is 7.11 Å². The van der Waals surface area contributed by atoms with Crippen molar-refractivity contribution in [3.8, 4) is 17.0 Å². The van der Waals surface area contributed by atoms with Gasteiger partial charge in [-0.05, 0) is 101 Å². The summed E-state index contributed by atoms with van der Waals surface area (Å²) in [6, 6.07) is 19.4. The van der Waals surface area contributed by atoms with Crippen LogP contribution in [0.1, 0.15) is 76.2 Å². The number of imidazole rings is 2. The Balaban J connectivity index is 0.000000168. The van der Waals surface area contributed by atoms with Crippen LogP contribution >= 0.6 is 0 Å². The van der Waals surface area contributed by atoms with Gasteiger partial charge in [0.25, 0.3) is 0 Å². The van der Waals surface area contributed by atoms with Crippen LogP contribution in [0, 0.1) is 13.8 Å². The average molecular weight is 567 g/mol. The highest BCUT2D eigenvalue weighted by Gasteiger charge is 2.19. The standard InChI is InChI=1S/C18H27N3.C17H19N3O/c1-4-8-16-18(19-15-9-6-5-7-10-15)21-14(3)11-13(2)12-17(21)20-16;1-12(2)18-17-16(13-7-9-14(21-3)10-8-13)19-15-6-4-5-11-20(15)17/h11-12,15,19H,4-10H2,1-3H3;4-12,18H,1-3H3. The van der Waals surface area contributed by atoms with Crippen molar-refractivity contribution >= 4 is 22.9 Å². The van der Waals surface area contributed by atoms with Gasteiger partial charge in [0, 0.05) is 29.5 Å². The van der Waals surface area contributed by atoms with Gasteiger partial charge in [-0.15, -0.1) is 0 Å². The number of anilines is 2. The van der Waals surface area contributed by atoms with Gasteiger partial charge < -0.3 is 15.4 Å². The molecule has 0 saturated heterocycles. The van der Waals surface area contributed by atoms with Crippen LogP contribution in [0.25, 0.3) is 22.6 Å². The number of nitrogens with zero attached hydrogens (tertiary/aromatic N) is 4. The highest BCUT2D eigenvalue weighted by Crippen LogP contribution is 2.31. The molecule has 0 spiro atoms. The Bertz CT molecular complexity index is 1610. The molecular formula is C35H46N6O. The van der Waals surface area contributed by atoms with E-state index < -0.39 is 0 Å². The molecular weight excluding hydrogens is 520 g/mol. The van der Waals surface area contributed by atoms with Gasteiger partial charge in [0.2, 0.25) is 0 Å². The number of aromatic nitrogens is 4. The summed E-state index contributed by atoms with van der Waals surface area (Å²) in [7, 11) is 1.67. The number of pyridine rings is 2. The molecule has 4 aromatic heterocycles. The maximum absolute atomic E-state index is 5.22. The smallest absolute Gasteiger partial charge is 0.139 e. The Morgan fingerprint density at radius 3 is 2.38 bits per heavy atom. The fourth-order valence-electron chi connectivity index (χ4n) is 5.93. The lowest BCUT2D eigenvalue weighted by molar-refractivity contribution is 0.415. The predicted octanol–water partition coefficient (Wildman–Crippen LogP) is 8.48. The molecule has 0 amide bonds. The number of hydrogen-bond acceptors (Lipinski definition) is 5. The molecule has 1 saturated carbocycles. The van der Waals surface area contributed by atoms with Crippen molar-refractivity contribution in [2.24, 2.45) is 0 Å². The molecule has 1 aliphatic rings. The summed E-state index contributed by atoms with van der Waals surface area (Å²) in [5.74, 6) is 3.11. The summed E-state index contributed by atoms with van der Waals surface area (Å²) in [6.45, 7) is 10.8. The second-order valence-corrected chi connectivity index (χ2v) is 11.8. The van der Waals surface area contributed by atoms with Crippen LogP contribution in [0.5, 0.6) is 5.75 Å². The van der Waals surface area contributed by atoms with Gasteiger partial charge in [-0.3, -0.25) is 8.80 Å². The predicted molar refractivity (Wildman–Crippen MR) is 175 cm³/mol. The van der Waals surface area contributed by atoms with Gasteiger partial charge in [-0.1, -0.05) is 38.7 Å². The van der Waals surface area contributed by atoms with Crippen LogP contribution in [0.15, 0.2) is 60.8 Å². The van der Waals surface area contributed by atoms with Gasteiger partial charge in [0.15, 0.2) is 0 Å². The van der Waals surface area contributed by atoms with Crippen LogP contribution in [0.4, 0.5) is 11.6 Å². The van der Waals surface area contributed by atoms with Crippen LogP contribution in [-0.4, -0.2) is 38.0 Å². The van der Waals surface area contributed by atoms with Crippen LogP contribution < -0.4 is 15.4 Å². The summed E-state index contributed by atoms with van der Waals surface area (Å²) < 4.78 is 9.61. The number of aryl methyl sites for hydroxylation is 3. The number of fused-ring (bicyclic) bond motifs is 2. The fourth-order valence-corrected chi connectivity index (χ4v) is 5.93. The lowest BCUT2D eigenvalue weighted by atomic mass is 9.95. The molecule has 0 radical (unpaired) electrons. The zero-order valence-corrected chi connectivity index (χ0v) is 26.1. The SMILES string of the molecule is CCCc1nc2cc(C)cc(C)n2c1NC1CCCCC1.COc1ccc(-c2nc3ccccn3c2NC(C)C)cc1. The molecule has 1 fully saturated rings. The fraction of sp³-hybridized carbons (Fsp3) is 0.429. The van der Waals surface area contributed by atoms with E-state index in [1.165, 1.54) is 54.9 Å². The Kier molecular flexibility index (Phi) is 9.35. The maximum Gasteiger partial charge on any atom is 0.139 e. The monoisotopic (exact) mass is 566 g/mol. The number of hydrogen-bond donors (Lipinski definition) is 2. The average Bonchev–Trinajstić information content (AvgIpc) is 3.52. The molecule has 42 heavy (non-hydrogen) atoms. The number of ether oxygens (including phenoxy) is 1. The summed E-state index contributed by atoms with van der Waals surface area (Å²) in [4.78, 5) is 9.64. The van der Waals surface area contributed by atoms with Crippen LogP contribution in [-0.2, 0) is 6.42 Å². The van der Waals surface area contributed by atoms with Crippen molar-refractivity contribution in [3.05, 3.63) is 77.7 Å². The van der Waals surface area contributed by atoms with Gasteiger partial charge in [-0.25, -0.2) is 9.97 Å².